The molecule has 3 unspecified atom stereocenters. The number of aryl methyl sites for hydroxylation is 1. The first kappa shape index (κ1) is 14.7. The Kier molecular flexibility index (Phi) is 4.66. The van der Waals surface area contributed by atoms with Crippen molar-refractivity contribution >= 4 is 0 Å². The second kappa shape index (κ2) is 6.67. The minimum atomic E-state index is 0.346. The van der Waals surface area contributed by atoms with Crippen LogP contribution in [0.15, 0.2) is 18.2 Å². The minimum absolute atomic E-state index is 0.346. The van der Waals surface area contributed by atoms with E-state index in [1.54, 1.807) is 0 Å². The summed E-state index contributed by atoms with van der Waals surface area (Å²) in [6.45, 7) is 2.62. The number of hydrogen-bond donors (Lipinski definition) is 1. The molecule has 0 aromatic heterocycles. The van der Waals surface area contributed by atoms with Crippen molar-refractivity contribution in [3.05, 3.63) is 23.8 Å². The molecule has 4 nitrogen and oxygen atoms in total. The van der Waals surface area contributed by atoms with Crippen LogP contribution < -0.4 is 14.8 Å². The second-order valence-electron chi connectivity index (χ2n) is 6.16. The van der Waals surface area contributed by atoms with Crippen molar-refractivity contribution < 1.29 is 14.2 Å². The molecule has 1 heterocycles. The van der Waals surface area contributed by atoms with Gasteiger partial charge in [0.1, 0.15) is 0 Å². The lowest BCUT2D eigenvalue weighted by Gasteiger charge is -2.19. The van der Waals surface area contributed by atoms with E-state index in [0.717, 1.165) is 30.8 Å². The van der Waals surface area contributed by atoms with Crippen LogP contribution in [0.25, 0.3) is 0 Å². The Morgan fingerprint density at radius 3 is 2.95 bits per heavy atom. The zero-order chi connectivity index (χ0) is 14.7. The molecule has 1 N–H and O–H groups in total. The zero-order valence-electron chi connectivity index (χ0n) is 12.9. The van der Waals surface area contributed by atoms with E-state index >= 15 is 0 Å². The predicted molar refractivity (Wildman–Crippen MR) is 81.9 cm³/mol. The molecule has 0 bridgehead atoms. The first-order valence-corrected chi connectivity index (χ1v) is 7.92. The molecule has 1 saturated carbocycles. The molecule has 2 aliphatic rings. The van der Waals surface area contributed by atoms with Crippen LogP contribution >= 0.6 is 0 Å². The first-order valence-electron chi connectivity index (χ1n) is 7.92. The number of rotatable bonds is 6. The summed E-state index contributed by atoms with van der Waals surface area (Å²) in [6.07, 6.45) is 6.20. The Morgan fingerprint density at radius 1 is 1.29 bits per heavy atom. The van der Waals surface area contributed by atoms with Crippen molar-refractivity contribution in [2.45, 2.75) is 57.2 Å². The number of fused-ring (bicyclic) bond motifs is 1. The fraction of sp³-hybridized carbons (Fsp3) is 0.647. The van der Waals surface area contributed by atoms with E-state index in [1.807, 2.05) is 13.2 Å². The molecule has 0 radical (unpaired) electrons. The molecule has 0 saturated heterocycles. The fourth-order valence-corrected chi connectivity index (χ4v) is 3.27. The molecule has 116 valence electrons. The largest absolute Gasteiger partial charge is 0.454 e. The molecule has 3 rings (SSSR count). The Bertz CT molecular complexity index is 477. The lowest BCUT2D eigenvalue weighted by molar-refractivity contribution is 0.106. The molecule has 1 aliphatic heterocycles. The van der Waals surface area contributed by atoms with Crippen LogP contribution in [0.5, 0.6) is 11.5 Å². The molecule has 3 atom stereocenters. The van der Waals surface area contributed by atoms with Gasteiger partial charge in [-0.2, -0.15) is 0 Å². The van der Waals surface area contributed by atoms with Gasteiger partial charge >= 0.3 is 0 Å². The molecule has 21 heavy (non-hydrogen) atoms. The maximum Gasteiger partial charge on any atom is 0.231 e. The van der Waals surface area contributed by atoms with Gasteiger partial charge in [0.25, 0.3) is 0 Å². The fourth-order valence-electron chi connectivity index (χ4n) is 3.27. The highest BCUT2D eigenvalue weighted by Gasteiger charge is 2.25. The van der Waals surface area contributed by atoms with E-state index in [2.05, 4.69) is 24.4 Å². The highest BCUT2D eigenvalue weighted by atomic mass is 16.7. The van der Waals surface area contributed by atoms with Gasteiger partial charge < -0.3 is 19.5 Å². The predicted octanol–water partition coefficient (Wildman–Crippen LogP) is 2.89. The number of benzene rings is 1. The summed E-state index contributed by atoms with van der Waals surface area (Å²) in [4.78, 5) is 0. The number of ether oxygens (including phenoxy) is 3. The lowest BCUT2D eigenvalue weighted by atomic mass is 10.0. The molecule has 4 heteroatoms. The van der Waals surface area contributed by atoms with E-state index in [1.165, 1.54) is 18.4 Å². The highest BCUT2D eigenvalue weighted by Crippen LogP contribution is 2.32. The third-order valence-corrected chi connectivity index (χ3v) is 4.54. The standard InChI is InChI=1S/C17H25NO3/c1-12(18-14-6-7-15(10-14)19-2)3-4-13-5-8-16-17(9-13)21-11-20-16/h5,8-9,12,14-15,18H,3-4,6-7,10-11H2,1-2H3. The van der Waals surface area contributed by atoms with Crippen LogP contribution in [0.1, 0.15) is 38.2 Å². The minimum Gasteiger partial charge on any atom is -0.454 e. The third-order valence-electron chi connectivity index (χ3n) is 4.54. The average molecular weight is 291 g/mol. The normalized spacial score (nSPS) is 25.2. The van der Waals surface area contributed by atoms with Crippen molar-refractivity contribution in [3.8, 4) is 11.5 Å². The highest BCUT2D eigenvalue weighted by molar-refractivity contribution is 5.44. The SMILES string of the molecule is COC1CCC(NC(C)CCc2ccc3c(c2)OCO3)C1. The van der Waals surface area contributed by atoms with Gasteiger partial charge in [-0.15, -0.1) is 0 Å². The van der Waals surface area contributed by atoms with Crippen molar-refractivity contribution in [1.29, 1.82) is 0 Å². The van der Waals surface area contributed by atoms with Gasteiger partial charge in [-0.3, -0.25) is 0 Å². The summed E-state index contributed by atoms with van der Waals surface area (Å²) in [5.74, 6) is 1.74. The van der Waals surface area contributed by atoms with Crippen LogP contribution in [0.2, 0.25) is 0 Å². The monoisotopic (exact) mass is 291 g/mol. The average Bonchev–Trinajstić information content (AvgIpc) is 3.13. The van der Waals surface area contributed by atoms with Gasteiger partial charge in [0.2, 0.25) is 6.79 Å². The molecule has 0 spiro atoms. The molecule has 1 fully saturated rings. The van der Waals surface area contributed by atoms with Gasteiger partial charge in [0, 0.05) is 19.2 Å². The van der Waals surface area contributed by atoms with E-state index in [-0.39, 0.29) is 0 Å². The van der Waals surface area contributed by atoms with Gasteiger partial charge in [-0.05, 0) is 56.7 Å². The summed E-state index contributed by atoms with van der Waals surface area (Å²) in [5, 5.41) is 3.73. The summed E-state index contributed by atoms with van der Waals surface area (Å²) < 4.78 is 16.2. The van der Waals surface area contributed by atoms with Crippen molar-refractivity contribution in [1.82, 2.24) is 5.32 Å². The maximum absolute atomic E-state index is 5.43. The first-order chi connectivity index (χ1) is 10.2. The number of hydrogen-bond acceptors (Lipinski definition) is 4. The molecule has 0 amide bonds. The van der Waals surface area contributed by atoms with E-state index in [9.17, 15) is 0 Å². The lowest BCUT2D eigenvalue weighted by Crippen LogP contribution is -2.35. The van der Waals surface area contributed by atoms with Gasteiger partial charge in [0.05, 0.1) is 6.10 Å². The Hall–Kier alpha value is -1.26. The number of methoxy groups -OCH3 is 1. The van der Waals surface area contributed by atoms with Gasteiger partial charge in [-0.25, -0.2) is 0 Å². The van der Waals surface area contributed by atoms with Crippen LogP contribution in [0.4, 0.5) is 0 Å². The maximum atomic E-state index is 5.43. The van der Waals surface area contributed by atoms with Gasteiger partial charge in [0.15, 0.2) is 11.5 Å². The van der Waals surface area contributed by atoms with E-state index < -0.39 is 0 Å². The number of nitrogens with one attached hydrogen (secondary N) is 1. The Labute approximate surface area is 126 Å². The van der Waals surface area contributed by atoms with Gasteiger partial charge in [-0.1, -0.05) is 6.07 Å². The van der Waals surface area contributed by atoms with Crippen molar-refractivity contribution in [3.63, 3.8) is 0 Å². The smallest absolute Gasteiger partial charge is 0.231 e. The second-order valence-corrected chi connectivity index (χ2v) is 6.16. The Morgan fingerprint density at radius 2 is 2.14 bits per heavy atom. The van der Waals surface area contributed by atoms with Crippen LogP contribution in [0.3, 0.4) is 0 Å². The van der Waals surface area contributed by atoms with Crippen LogP contribution in [0, 0.1) is 0 Å². The molecular formula is C17H25NO3. The zero-order valence-corrected chi connectivity index (χ0v) is 12.9. The third kappa shape index (κ3) is 3.69. The van der Waals surface area contributed by atoms with Crippen molar-refractivity contribution in [2.75, 3.05) is 13.9 Å². The molecule has 1 aromatic rings. The summed E-state index contributed by atoms with van der Waals surface area (Å²) in [6, 6.07) is 7.39. The topological polar surface area (TPSA) is 39.7 Å². The molecule has 1 aromatic carbocycles. The van der Waals surface area contributed by atoms with E-state index in [4.69, 9.17) is 14.2 Å². The summed E-state index contributed by atoms with van der Waals surface area (Å²) in [5.41, 5.74) is 1.31. The summed E-state index contributed by atoms with van der Waals surface area (Å²) >= 11 is 0. The van der Waals surface area contributed by atoms with Crippen LogP contribution in [-0.4, -0.2) is 32.1 Å². The van der Waals surface area contributed by atoms with Crippen LogP contribution in [-0.2, 0) is 11.2 Å². The molecule has 1 aliphatic carbocycles. The quantitative estimate of drug-likeness (QED) is 0.875. The van der Waals surface area contributed by atoms with E-state index in [0.29, 0.717) is 25.0 Å². The summed E-state index contributed by atoms with van der Waals surface area (Å²) in [7, 11) is 1.82. The molecular weight excluding hydrogens is 266 g/mol. The van der Waals surface area contributed by atoms with Crippen molar-refractivity contribution in [2.24, 2.45) is 0 Å². The Balaban J connectivity index is 1.44.